The molecule has 0 spiro atoms. The van der Waals surface area contributed by atoms with E-state index in [9.17, 15) is 9.90 Å². The summed E-state index contributed by atoms with van der Waals surface area (Å²) in [6.07, 6.45) is 1.61. The van der Waals surface area contributed by atoms with Gasteiger partial charge in [-0.3, -0.25) is 0 Å². The van der Waals surface area contributed by atoms with E-state index >= 15 is 0 Å². The van der Waals surface area contributed by atoms with Crippen molar-refractivity contribution in [2.24, 2.45) is 0 Å². The number of carbonyl (C=O) groups is 1. The van der Waals surface area contributed by atoms with Crippen molar-refractivity contribution in [1.29, 1.82) is 0 Å². The second-order valence-electron chi connectivity index (χ2n) is 4.99. The van der Waals surface area contributed by atoms with Crippen LogP contribution in [0, 0.1) is 0 Å². The highest BCUT2D eigenvalue weighted by Gasteiger charge is 2.14. The second-order valence-corrected chi connectivity index (χ2v) is 4.99. The fourth-order valence-electron chi connectivity index (χ4n) is 2.36. The molecule has 1 heterocycles. The first-order chi connectivity index (χ1) is 11.2. The fraction of sp³-hybridized carbons (Fsp3) is 0.167. The molecule has 0 bridgehead atoms. The van der Waals surface area contributed by atoms with E-state index in [1.54, 1.807) is 55.7 Å². The van der Waals surface area contributed by atoms with Crippen molar-refractivity contribution < 1.29 is 24.1 Å². The standard InChI is InChI=1S/C18H16O5/c1-21-14-5-3-13(4-6-14)15(18(19)20)10-12-2-7-16-17(11-12)23-9-8-22-16/h2-7,10-11H,8-9H2,1H3,(H,19,20)/b15-10+. The van der Waals surface area contributed by atoms with E-state index < -0.39 is 5.97 Å². The summed E-state index contributed by atoms with van der Waals surface area (Å²) in [5, 5.41) is 9.50. The van der Waals surface area contributed by atoms with Gasteiger partial charge in [-0.15, -0.1) is 0 Å². The third kappa shape index (κ3) is 3.29. The van der Waals surface area contributed by atoms with Crippen LogP contribution in [0.5, 0.6) is 17.2 Å². The number of aliphatic carboxylic acids is 1. The molecule has 2 aromatic rings. The van der Waals surface area contributed by atoms with Gasteiger partial charge in [-0.25, -0.2) is 4.79 Å². The Labute approximate surface area is 133 Å². The molecular formula is C18H16O5. The molecule has 1 N–H and O–H groups in total. The summed E-state index contributed by atoms with van der Waals surface area (Å²) in [6, 6.07) is 12.3. The fourth-order valence-corrected chi connectivity index (χ4v) is 2.36. The Balaban J connectivity index is 1.96. The Bertz CT molecular complexity index is 747. The minimum atomic E-state index is -0.995. The molecule has 0 aliphatic carbocycles. The normalized spacial score (nSPS) is 13.5. The van der Waals surface area contributed by atoms with Crippen molar-refractivity contribution in [3.05, 3.63) is 53.6 Å². The van der Waals surface area contributed by atoms with Gasteiger partial charge in [0.25, 0.3) is 0 Å². The smallest absolute Gasteiger partial charge is 0.336 e. The average Bonchev–Trinajstić information content (AvgIpc) is 2.59. The summed E-state index contributed by atoms with van der Waals surface area (Å²) in [5.41, 5.74) is 1.54. The first-order valence-corrected chi connectivity index (χ1v) is 7.16. The second kappa shape index (κ2) is 6.44. The summed E-state index contributed by atoms with van der Waals surface area (Å²) in [4.78, 5) is 11.6. The lowest BCUT2D eigenvalue weighted by Crippen LogP contribution is -2.15. The zero-order chi connectivity index (χ0) is 16.2. The number of fused-ring (bicyclic) bond motifs is 1. The van der Waals surface area contributed by atoms with E-state index in [1.165, 1.54) is 0 Å². The van der Waals surface area contributed by atoms with E-state index in [0.717, 1.165) is 5.56 Å². The number of benzene rings is 2. The van der Waals surface area contributed by atoms with E-state index in [1.807, 2.05) is 0 Å². The van der Waals surface area contributed by atoms with Crippen LogP contribution in [0.25, 0.3) is 11.6 Å². The van der Waals surface area contributed by atoms with Crippen molar-refractivity contribution in [1.82, 2.24) is 0 Å². The first-order valence-electron chi connectivity index (χ1n) is 7.16. The summed E-state index contributed by atoms with van der Waals surface area (Å²) in [7, 11) is 1.57. The van der Waals surface area contributed by atoms with Gasteiger partial charge < -0.3 is 19.3 Å². The van der Waals surface area contributed by atoms with Gasteiger partial charge in [-0.05, 0) is 41.5 Å². The molecule has 0 amide bonds. The molecule has 118 valence electrons. The molecule has 1 aliphatic heterocycles. The van der Waals surface area contributed by atoms with Crippen LogP contribution in [0.3, 0.4) is 0 Å². The zero-order valence-corrected chi connectivity index (χ0v) is 12.6. The van der Waals surface area contributed by atoms with Gasteiger partial charge in [-0.2, -0.15) is 0 Å². The minimum absolute atomic E-state index is 0.198. The molecule has 0 atom stereocenters. The Kier molecular flexibility index (Phi) is 4.19. The lowest BCUT2D eigenvalue weighted by molar-refractivity contribution is -0.130. The molecular weight excluding hydrogens is 296 g/mol. The largest absolute Gasteiger partial charge is 0.497 e. The Morgan fingerprint density at radius 1 is 1.09 bits per heavy atom. The third-order valence-electron chi connectivity index (χ3n) is 3.51. The highest BCUT2D eigenvalue weighted by atomic mass is 16.6. The maximum absolute atomic E-state index is 11.6. The molecule has 3 rings (SSSR count). The summed E-state index contributed by atoms with van der Waals surface area (Å²) in [5.74, 6) is 0.988. The molecule has 0 saturated heterocycles. The molecule has 5 heteroatoms. The van der Waals surface area contributed by atoms with E-state index in [2.05, 4.69) is 0 Å². The molecule has 0 radical (unpaired) electrons. The monoisotopic (exact) mass is 312 g/mol. The van der Waals surface area contributed by atoms with Crippen LogP contribution in [0.2, 0.25) is 0 Å². The minimum Gasteiger partial charge on any atom is -0.497 e. The number of hydrogen-bond donors (Lipinski definition) is 1. The Morgan fingerprint density at radius 3 is 2.43 bits per heavy atom. The summed E-state index contributed by atoms with van der Waals surface area (Å²) < 4.78 is 16.1. The average molecular weight is 312 g/mol. The van der Waals surface area contributed by atoms with Gasteiger partial charge in [-0.1, -0.05) is 18.2 Å². The highest BCUT2D eigenvalue weighted by Crippen LogP contribution is 2.32. The van der Waals surface area contributed by atoms with Gasteiger partial charge in [0.1, 0.15) is 19.0 Å². The molecule has 23 heavy (non-hydrogen) atoms. The SMILES string of the molecule is COc1ccc(/C(=C\c2ccc3c(c2)OCCO3)C(=O)O)cc1. The van der Waals surface area contributed by atoms with Crippen molar-refractivity contribution in [2.45, 2.75) is 0 Å². The molecule has 5 nitrogen and oxygen atoms in total. The zero-order valence-electron chi connectivity index (χ0n) is 12.6. The van der Waals surface area contributed by atoms with Crippen LogP contribution < -0.4 is 14.2 Å². The van der Waals surface area contributed by atoms with Crippen molar-refractivity contribution in [3.63, 3.8) is 0 Å². The number of ether oxygens (including phenoxy) is 3. The van der Waals surface area contributed by atoms with E-state index in [4.69, 9.17) is 14.2 Å². The maximum atomic E-state index is 11.6. The molecule has 0 saturated carbocycles. The summed E-state index contributed by atoms with van der Waals surface area (Å²) in [6.45, 7) is 1.01. The maximum Gasteiger partial charge on any atom is 0.336 e. The van der Waals surface area contributed by atoms with E-state index in [0.29, 0.717) is 36.0 Å². The van der Waals surface area contributed by atoms with Gasteiger partial charge in [0.05, 0.1) is 12.7 Å². The van der Waals surface area contributed by atoms with Crippen LogP contribution in [0.1, 0.15) is 11.1 Å². The van der Waals surface area contributed by atoms with Crippen LogP contribution in [-0.2, 0) is 4.79 Å². The van der Waals surface area contributed by atoms with Gasteiger partial charge in [0.15, 0.2) is 11.5 Å². The third-order valence-corrected chi connectivity index (χ3v) is 3.51. The van der Waals surface area contributed by atoms with Gasteiger partial charge in [0.2, 0.25) is 0 Å². The number of rotatable bonds is 4. The van der Waals surface area contributed by atoms with Gasteiger partial charge in [0, 0.05) is 0 Å². The van der Waals surface area contributed by atoms with Crippen LogP contribution >= 0.6 is 0 Å². The van der Waals surface area contributed by atoms with Gasteiger partial charge >= 0.3 is 5.97 Å². The lowest BCUT2D eigenvalue weighted by atomic mass is 10.0. The predicted octanol–water partition coefficient (Wildman–Crippen LogP) is 3.09. The van der Waals surface area contributed by atoms with E-state index in [-0.39, 0.29) is 5.57 Å². The number of carboxylic acids is 1. The topological polar surface area (TPSA) is 65.0 Å². The van der Waals surface area contributed by atoms with Crippen molar-refractivity contribution in [3.8, 4) is 17.2 Å². The molecule has 0 aromatic heterocycles. The number of hydrogen-bond acceptors (Lipinski definition) is 4. The molecule has 0 fully saturated rings. The lowest BCUT2D eigenvalue weighted by Gasteiger charge is -2.18. The van der Waals surface area contributed by atoms with Crippen molar-refractivity contribution in [2.75, 3.05) is 20.3 Å². The quantitative estimate of drug-likeness (QED) is 0.694. The first kappa shape index (κ1) is 15.0. The Morgan fingerprint density at radius 2 is 1.78 bits per heavy atom. The number of methoxy groups -OCH3 is 1. The van der Waals surface area contributed by atoms with Crippen molar-refractivity contribution >= 4 is 17.6 Å². The highest BCUT2D eigenvalue weighted by molar-refractivity contribution is 6.20. The molecule has 0 unspecified atom stereocenters. The number of carboxylic acid groups (broad SMARTS) is 1. The molecule has 2 aromatic carbocycles. The predicted molar refractivity (Wildman–Crippen MR) is 85.9 cm³/mol. The molecule has 1 aliphatic rings. The van der Waals surface area contributed by atoms with Crippen LogP contribution in [0.4, 0.5) is 0 Å². The van der Waals surface area contributed by atoms with Crippen LogP contribution in [0.15, 0.2) is 42.5 Å². The summed E-state index contributed by atoms with van der Waals surface area (Å²) >= 11 is 0. The Hall–Kier alpha value is -2.95. The van der Waals surface area contributed by atoms with Crippen LogP contribution in [-0.4, -0.2) is 31.4 Å².